The quantitative estimate of drug-likeness (QED) is 0.121. The molecule has 0 atom stereocenters. The molecule has 18 aromatic rings. The second-order valence-corrected chi connectivity index (χ2v) is 54.4. The van der Waals surface area contributed by atoms with E-state index in [0.717, 1.165) is 41.8 Å². The number of para-hydroxylation sites is 1. The van der Waals surface area contributed by atoms with Crippen molar-refractivity contribution < 1.29 is 9.59 Å². The third-order valence-electron chi connectivity index (χ3n) is 25.2. The van der Waals surface area contributed by atoms with Gasteiger partial charge in [-0.1, -0.05) is 246 Å². The molecule has 10 aromatic carbocycles. The van der Waals surface area contributed by atoms with E-state index in [1.54, 1.807) is 109 Å². The number of likely N-dealkylation sites (N-methyl/N-ethyl adjacent to an activating group) is 2. The molecule has 0 saturated carbocycles. The smallest absolute Gasteiger partial charge is 0.261 e. The van der Waals surface area contributed by atoms with Gasteiger partial charge < -0.3 is 14.4 Å². The summed E-state index contributed by atoms with van der Waals surface area (Å²) in [6.45, 7) is 19.2. The largest absolute Gasteiger partial charge is 0.344 e. The predicted octanol–water partition coefficient (Wildman–Crippen LogP) is 25.0. The van der Waals surface area contributed by atoms with Crippen LogP contribution in [0.25, 0.3) is 106 Å². The van der Waals surface area contributed by atoms with Crippen LogP contribution in [0.2, 0.25) is 39.3 Å². The fraction of sp³-hybridized carbons (Fsp3) is 0.102. The first-order valence-electron chi connectivity index (χ1n) is 42.8. The highest BCUT2D eigenvalue weighted by atomic mass is 32.1. The lowest BCUT2D eigenvalue weighted by atomic mass is 9.82. The molecule has 642 valence electrons. The number of benzene rings is 10. The summed E-state index contributed by atoms with van der Waals surface area (Å²) in [7, 11) is 0.369. The Hall–Kier alpha value is -14.2. The van der Waals surface area contributed by atoms with Gasteiger partial charge in [-0.2, -0.15) is 0 Å². The van der Waals surface area contributed by atoms with Crippen molar-refractivity contribution in [3.8, 4) is 165 Å². The van der Waals surface area contributed by atoms with Crippen LogP contribution < -0.4 is 31.1 Å². The monoisotopic (exact) mass is 1890 g/mol. The minimum absolute atomic E-state index is 0.0544. The number of terminal acetylenes is 9. The Balaban J connectivity index is 0.000000111. The van der Waals surface area contributed by atoms with Crippen LogP contribution in [0, 0.1) is 111 Å². The van der Waals surface area contributed by atoms with Crippen molar-refractivity contribution >= 4 is 198 Å². The summed E-state index contributed by atoms with van der Waals surface area (Å²) >= 11 is 11.9. The lowest BCUT2D eigenvalue weighted by Crippen LogP contribution is -2.51. The summed E-state index contributed by atoms with van der Waals surface area (Å²) in [6.07, 6.45) is 49.8. The van der Waals surface area contributed by atoms with Gasteiger partial charge in [-0.15, -0.1) is 137 Å². The zero-order valence-electron chi connectivity index (χ0n) is 75.3. The molecule has 13 heterocycles. The summed E-state index contributed by atoms with van der Waals surface area (Å²) < 4.78 is 7.41. The molecular formula is C118H89N3O2S7Si3. The number of hydrogen-bond donors (Lipinski definition) is 0. The molecule has 2 amide bonds. The van der Waals surface area contributed by atoms with Crippen LogP contribution in [-0.4, -0.2) is 64.5 Å². The third kappa shape index (κ3) is 17.7. The molecule has 6 aliphatic rings. The number of thiophene rings is 7. The van der Waals surface area contributed by atoms with Crippen molar-refractivity contribution in [1.29, 1.82) is 0 Å². The van der Waals surface area contributed by atoms with Crippen molar-refractivity contribution in [3.63, 3.8) is 0 Å². The lowest BCUT2D eigenvalue weighted by Gasteiger charge is -2.21. The number of hydrogen-bond acceptors (Lipinski definition) is 9. The van der Waals surface area contributed by atoms with Crippen LogP contribution in [0.15, 0.2) is 299 Å². The lowest BCUT2D eigenvalue weighted by molar-refractivity contribution is -0.123. The molecule has 133 heavy (non-hydrogen) atoms. The van der Waals surface area contributed by atoms with Gasteiger partial charge in [-0.05, 0) is 234 Å². The van der Waals surface area contributed by atoms with Crippen molar-refractivity contribution in [1.82, 2.24) is 14.4 Å². The molecule has 0 bridgehead atoms. The highest BCUT2D eigenvalue weighted by Gasteiger charge is 2.45. The Morgan fingerprint density at radius 1 is 0.316 bits per heavy atom. The fourth-order valence-electron chi connectivity index (χ4n) is 18.2. The van der Waals surface area contributed by atoms with Gasteiger partial charge in [-0.25, -0.2) is 0 Å². The zero-order valence-corrected chi connectivity index (χ0v) is 84.1. The summed E-state index contributed by atoms with van der Waals surface area (Å²) in [4.78, 5) is 32.5. The Bertz CT molecular complexity index is 8000. The molecule has 0 saturated heterocycles. The molecule has 5 aliphatic heterocycles. The Labute approximate surface area is 811 Å². The van der Waals surface area contributed by atoms with Gasteiger partial charge >= 0.3 is 0 Å². The number of amides is 2. The molecule has 0 spiro atoms. The summed E-state index contributed by atoms with van der Waals surface area (Å²) in [5, 5.41) is 22.6. The Kier molecular flexibility index (Phi) is 26.5. The summed E-state index contributed by atoms with van der Waals surface area (Å²) in [5.74, 6) is 23.4. The normalized spacial score (nSPS) is 13.7. The molecule has 0 unspecified atom stereocenters. The zero-order chi connectivity index (χ0) is 94.0. The van der Waals surface area contributed by atoms with Crippen LogP contribution in [0.3, 0.4) is 0 Å². The number of allylic oxidation sites excluding steroid dienone is 1. The minimum atomic E-state index is -1.72. The van der Waals surface area contributed by atoms with Crippen LogP contribution in [0.5, 0.6) is 0 Å². The average Bonchev–Trinajstić information content (AvgIpc) is 1.54. The topological polar surface area (TPSA) is 45.6 Å². The summed E-state index contributed by atoms with van der Waals surface area (Å²) in [6, 6.07) is 90.3. The van der Waals surface area contributed by atoms with Gasteiger partial charge in [0, 0.05) is 99.9 Å². The Morgan fingerprint density at radius 2 is 0.812 bits per heavy atom. The van der Waals surface area contributed by atoms with Crippen LogP contribution >= 0.6 is 79.4 Å². The second-order valence-electron chi connectivity index (χ2n) is 34.4. The Morgan fingerprint density at radius 3 is 1.41 bits per heavy atom. The third-order valence-corrected chi connectivity index (χ3v) is 42.6. The molecule has 0 radical (unpaired) electrons. The van der Waals surface area contributed by atoms with Crippen LogP contribution in [-0.2, 0) is 22.1 Å². The first-order chi connectivity index (χ1) is 64.1. The molecule has 0 fully saturated rings. The second kappa shape index (κ2) is 38.3. The van der Waals surface area contributed by atoms with E-state index in [4.69, 9.17) is 57.8 Å². The van der Waals surface area contributed by atoms with Crippen LogP contribution in [0.1, 0.15) is 66.7 Å². The number of carbonyl (C=O) groups is 2. The fourth-order valence-corrected chi connectivity index (χ4v) is 33.3. The van der Waals surface area contributed by atoms with Gasteiger partial charge in [0.2, 0.25) is 0 Å². The SMILES string of the molecule is C#CC1=C2C(=O)N(C)C=C2C(=O)N1C.C#Cc1cc2cc3sccc3cc2s1.C#Cc1cc2sccc2s1.C#Cc1ccc(-c2cccs2)s1.C#Cc1ccc2c(c1)C(C)(C)c1ccccc1-2.C#Cc1ccc2c(c1)[Si](C)(C)c1cc3c(cc1-2)[Si](C)(C)c1ccccc1-3.C#Cc1ccc2c(c1)[Si](C)(C)c1ccccc1-2.C#Cc1ccc2c3ccccc3n(C)c2c1.C#Cc1cccs1. The molecule has 8 aromatic heterocycles. The number of fused-ring (bicyclic) bond motifs is 19. The molecular weight excluding hydrogens is 1800 g/mol. The maximum atomic E-state index is 11.6. The number of carbonyl (C=O) groups excluding carboxylic acids is 2. The average molecular weight is 1890 g/mol. The number of rotatable bonds is 1. The minimum Gasteiger partial charge on any atom is -0.344 e. The summed E-state index contributed by atoms with van der Waals surface area (Å²) in [5.41, 5.74) is 21.5. The molecule has 0 N–H and O–H groups in total. The highest BCUT2D eigenvalue weighted by molar-refractivity contribution is 7.27. The highest BCUT2D eigenvalue weighted by Crippen LogP contribution is 2.49. The van der Waals surface area contributed by atoms with Crippen molar-refractivity contribution in [2.75, 3.05) is 14.1 Å². The molecule has 5 nitrogen and oxygen atoms in total. The molecule has 15 heteroatoms. The standard InChI is InChI=1S/C24H22Si2.C17H14.C16H14Si.C15H11N.C12H6S2.C10H8N2O2.C10H6S2.C8H4S2.C6H4S/c1-6-16-11-12-18-20-15-23-19(14-24(20)26(4,5)22(18)13-16)17-9-7-8-10-21(17)25(23,2)3;2*1-4-12-9-10-14-13-7-5-6-8-15(13)17(2,3)16(14)11-12;1-3-11-8-9-13-12-6-4-5-7-14(12)16(2)15(13)10-11;1-2-10-5-9-7-11-8(3-4-13-11)6-12(9)14-10;1-4-7-8-6(9(13)12(7)3)5-11(2)10(8)14;1-2-8-5-6-10(12-8)9-4-3-7-11-9;1-2-6-5-8-7(10-6)3-4-9-8;1-2-6-4-3-5-7-6/h1,7-15H,2-5H3;2*1,5-11H,2-3H3;1,4-10H,2H3;1,3-7H;1,5H,2-3H3;1,3-7H;1,3-5H;1,3-5H. The van der Waals surface area contributed by atoms with Crippen molar-refractivity contribution in [3.05, 3.63) is 352 Å². The van der Waals surface area contributed by atoms with E-state index in [1.165, 1.54) is 148 Å². The van der Waals surface area contributed by atoms with E-state index < -0.39 is 24.2 Å². The number of aryl methyl sites for hydroxylation is 1. The van der Waals surface area contributed by atoms with E-state index in [0.29, 0.717) is 16.8 Å². The maximum absolute atomic E-state index is 11.6. The molecule has 1 aliphatic carbocycles. The van der Waals surface area contributed by atoms with Crippen molar-refractivity contribution in [2.45, 2.75) is 58.5 Å². The van der Waals surface area contributed by atoms with Gasteiger partial charge in [0.05, 0.1) is 36.2 Å². The van der Waals surface area contributed by atoms with E-state index in [9.17, 15) is 9.59 Å². The van der Waals surface area contributed by atoms with Crippen molar-refractivity contribution in [2.24, 2.45) is 7.05 Å². The predicted molar refractivity (Wildman–Crippen MR) is 586 cm³/mol. The number of nitrogens with zero attached hydrogens (tertiary/aromatic N) is 3. The van der Waals surface area contributed by atoms with Gasteiger partial charge in [0.25, 0.3) is 11.8 Å². The first-order valence-corrected chi connectivity index (χ1v) is 57.8. The van der Waals surface area contributed by atoms with Gasteiger partial charge in [0.15, 0.2) is 0 Å². The van der Waals surface area contributed by atoms with Gasteiger partial charge in [-0.3, -0.25) is 9.59 Å². The maximum Gasteiger partial charge on any atom is 0.261 e. The van der Waals surface area contributed by atoms with E-state index in [1.807, 2.05) is 41.8 Å². The van der Waals surface area contributed by atoms with E-state index in [-0.39, 0.29) is 17.2 Å². The van der Waals surface area contributed by atoms with Gasteiger partial charge in [0.1, 0.15) is 29.9 Å². The van der Waals surface area contributed by atoms with E-state index >= 15 is 0 Å². The van der Waals surface area contributed by atoms with Crippen LogP contribution in [0.4, 0.5) is 0 Å². The number of aromatic nitrogens is 1. The molecule has 24 rings (SSSR count). The van der Waals surface area contributed by atoms with E-state index in [2.05, 4.69) is 353 Å². The first kappa shape index (κ1) is 92.1.